The monoisotopic (exact) mass is 208 g/mol. The van der Waals surface area contributed by atoms with Crippen LogP contribution in [0, 0.1) is 5.39 Å². The van der Waals surface area contributed by atoms with Gasteiger partial charge in [0.05, 0.1) is 15.6 Å². The van der Waals surface area contributed by atoms with E-state index in [4.69, 9.17) is 17.0 Å². The molecule has 1 aromatic rings. The Balaban J connectivity index is 2.75. The van der Waals surface area contributed by atoms with E-state index < -0.39 is 11.7 Å². The van der Waals surface area contributed by atoms with Crippen molar-refractivity contribution in [3.05, 3.63) is 33.9 Å². The smallest absolute Gasteiger partial charge is 0.283 e. The van der Waals surface area contributed by atoms with Crippen molar-refractivity contribution in [1.82, 2.24) is 0 Å². The lowest BCUT2D eigenvalue weighted by molar-refractivity contribution is -0.113. The summed E-state index contributed by atoms with van der Waals surface area (Å²) in [6.45, 7) is 0. The minimum absolute atomic E-state index is 0.0805. The third-order valence-electron chi connectivity index (χ3n) is 1.92. The molecule has 1 aromatic carbocycles. The molecule has 0 radical (unpaired) electrons. The van der Waals surface area contributed by atoms with Gasteiger partial charge in [-0.05, 0) is 12.1 Å². The molecule has 0 unspecified atom stereocenters. The highest BCUT2D eigenvalue weighted by Crippen LogP contribution is 2.33. The van der Waals surface area contributed by atoms with Gasteiger partial charge < -0.3 is 0 Å². The molecule has 0 saturated carbocycles. The normalized spacial score (nSPS) is 14.1. The molecule has 5 nitrogen and oxygen atoms in total. The Hall–Kier alpha value is -1.93. The average Bonchev–Trinajstić information content (AvgIpc) is 2.41. The van der Waals surface area contributed by atoms with E-state index in [1.807, 2.05) is 0 Å². The van der Waals surface area contributed by atoms with Gasteiger partial charge in [-0.3, -0.25) is 9.59 Å². The summed E-state index contributed by atoms with van der Waals surface area (Å²) >= 11 is 5.73. The first kappa shape index (κ1) is 8.66. The third kappa shape index (κ3) is 0.916. The lowest BCUT2D eigenvalue weighted by Crippen LogP contribution is -2.22. The van der Waals surface area contributed by atoms with Gasteiger partial charge in [-0.1, -0.05) is 17.7 Å². The summed E-state index contributed by atoms with van der Waals surface area (Å²) < 4.78 is 0. The molecule has 1 heterocycles. The Morgan fingerprint density at radius 3 is 2.71 bits per heavy atom. The van der Waals surface area contributed by atoms with Crippen LogP contribution in [0.25, 0.3) is 5.08 Å². The summed E-state index contributed by atoms with van der Waals surface area (Å²) in [4.78, 5) is 22.5. The summed E-state index contributed by atoms with van der Waals surface area (Å²) in [6, 6.07) is 4.53. The van der Waals surface area contributed by atoms with Gasteiger partial charge >= 0.3 is 11.0 Å². The Labute approximate surface area is 83.5 Å². The molecule has 6 heteroatoms. The quantitative estimate of drug-likeness (QED) is 0.481. The van der Waals surface area contributed by atoms with Crippen LogP contribution in [0.3, 0.4) is 0 Å². The molecule has 14 heavy (non-hydrogen) atoms. The molecular formula is C8H3ClN3O2+. The van der Waals surface area contributed by atoms with Crippen molar-refractivity contribution in [2.24, 2.45) is 0 Å². The largest absolute Gasteiger partial charge is 0.375 e. The van der Waals surface area contributed by atoms with Crippen molar-refractivity contribution in [1.29, 1.82) is 5.39 Å². The zero-order valence-corrected chi connectivity index (χ0v) is 7.52. The fourth-order valence-corrected chi connectivity index (χ4v) is 1.57. The highest BCUT2D eigenvalue weighted by molar-refractivity contribution is 6.55. The standard InChI is InChI=1S/C8H3ClN3O2/c9-4-2-1-3-5-6(4)7(13)8(14)12(5)11-10/h1-3H/q+1. The number of Topliss-reactive ketones (excluding diaryl/α,β-unsaturated/α-hetero) is 1. The van der Waals surface area contributed by atoms with E-state index in [1.54, 1.807) is 6.07 Å². The number of nitrogens with zero attached hydrogens (tertiary/aromatic N) is 3. The van der Waals surface area contributed by atoms with Crippen molar-refractivity contribution in [3.63, 3.8) is 0 Å². The maximum Gasteiger partial charge on any atom is 0.375 e. The minimum atomic E-state index is -0.907. The summed E-state index contributed by atoms with van der Waals surface area (Å²) in [6.07, 6.45) is 0. The van der Waals surface area contributed by atoms with E-state index in [2.05, 4.69) is 5.08 Å². The predicted molar refractivity (Wildman–Crippen MR) is 48.4 cm³/mol. The number of carbonyl (C=O) groups is 2. The molecule has 0 aliphatic carbocycles. The van der Waals surface area contributed by atoms with Gasteiger partial charge in [-0.25, -0.2) is 0 Å². The van der Waals surface area contributed by atoms with Crippen molar-refractivity contribution in [3.8, 4) is 0 Å². The number of rotatable bonds is 0. The first-order valence-electron chi connectivity index (χ1n) is 3.69. The number of hydrogen-bond acceptors (Lipinski definition) is 3. The number of hydrogen-bond donors (Lipinski definition) is 0. The van der Waals surface area contributed by atoms with Gasteiger partial charge in [-0.2, -0.15) is 0 Å². The van der Waals surface area contributed by atoms with Crippen LogP contribution in [0.5, 0.6) is 0 Å². The van der Waals surface area contributed by atoms with Crippen LogP contribution >= 0.6 is 11.6 Å². The maximum absolute atomic E-state index is 11.3. The zero-order valence-electron chi connectivity index (χ0n) is 6.77. The zero-order chi connectivity index (χ0) is 10.3. The van der Waals surface area contributed by atoms with E-state index in [9.17, 15) is 9.59 Å². The van der Waals surface area contributed by atoms with E-state index in [1.165, 1.54) is 12.1 Å². The maximum atomic E-state index is 11.3. The molecule has 0 aromatic heterocycles. The van der Waals surface area contributed by atoms with Crippen LogP contribution in [-0.4, -0.2) is 11.7 Å². The number of anilines is 1. The molecule has 0 saturated heterocycles. The Kier molecular flexibility index (Phi) is 1.72. The average molecular weight is 209 g/mol. The summed E-state index contributed by atoms with van der Waals surface area (Å²) in [5, 5.41) is 12.0. The van der Waals surface area contributed by atoms with Gasteiger partial charge in [0.2, 0.25) is 0 Å². The molecule has 0 atom stereocenters. The number of halogens is 1. The van der Waals surface area contributed by atoms with Crippen LogP contribution in [0.2, 0.25) is 5.02 Å². The number of carbonyl (C=O) groups excluding carboxylic acids is 2. The fraction of sp³-hybridized carbons (Fsp3) is 0. The topological polar surface area (TPSA) is 65.5 Å². The second-order valence-electron chi connectivity index (χ2n) is 2.67. The second kappa shape index (κ2) is 2.79. The SMILES string of the molecule is N#[N+]N1C(=O)C(=O)c2c(Cl)cccc21. The van der Waals surface area contributed by atoms with Gasteiger partial charge in [0, 0.05) is 0 Å². The van der Waals surface area contributed by atoms with Crippen molar-refractivity contribution in [2.45, 2.75) is 0 Å². The molecule has 1 amide bonds. The molecule has 1 aliphatic heterocycles. The molecule has 0 bridgehead atoms. The molecule has 0 fully saturated rings. The lowest BCUT2D eigenvalue weighted by atomic mass is 10.1. The molecular weight excluding hydrogens is 206 g/mol. The van der Waals surface area contributed by atoms with Crippen LogP contribution in [0.4, 0.5) is 5.69 Å². The number of ketones is 1. The molecule has 0 N–H and O–H groups in total. The minimum Gasteiger partial charge on any atom is -0.283 e. The molecule has 68 valence electrons. The predicted octanol–water partition coefficient (Wildman–Crippen LogP) is 1.64. The van der Waals surface area contributed by atoms with Gasteiger partial charge in [0.1, 0.15) is 5.69 Å². The van der Waals surface area contributed by atoms with E-state index >= 15 is 0 Å². The van der Waals surface area contributed by atoms with Crippen LogP contribution < -0.4 is 5.01 Å². The highest BCUT2D eigenvalue weighted by atomic mass is 35.5. The van der Waals surface area contributed by atoms with Crippen LogP contribution in [0.1, 0.15) is 10.4 Å². The van der Waals surface area contributed by atoms with E-state index in [0.717, 1.165) is 0 Å². The van der Waals surface area contributed by atoms with Gasteiger partial charge in [0.25, 0.3) is 11.2 Å². The van der Waals surface area contributed by atoms with Crippen molar-refractivity contribution >= 4 is 29.0 Å². The summed E-state index contributed by atoms with van der Waals surface area (Å²) in [5.41, 5.74) is 0.284. The summed E-state index contributed by atoms with van der Waals surface area (Å²) in [7, 11) is 0. The van der Waals surface area contributed by atoms with Crippen molar-refractivity contribution in [2.75, 3.05) is 5.01 Å². The molecule has 0 spiro atoms. The fourth-order valence-electron chi connectivity index (χ4n) is 1.32. The number of benzene rings is 1. The van der Waals surface area contributed by atoms with Crippen LogP contribution in [0.15, 0.2) is 18.2 Å². The Bertz CT molecular complexity index is 492. The first-order valence-corrected chi connectivity index (χ1v) is 4.07. The molecule has 2 rings (SSSR count). The van der Waals surface area contributed by atoms with Crippen molar-refractivity contribution < 1.29 is 9.59 Å². The molecule has 1 aliphatic rings. The second-order valence-corrected chi connectivity index (χ2v) is 3.08. The van der Waals surface area contributed by atoms with Gasteiger partial charge in [-0.15, -0.1) is 0 Å². The summed E-state index contributed by atoms with van der Waals surface area (Å²) in [5.74, 6) is -1.67. The Morgan fingerprint density at radius 2 is 2.07 bits per heavy atom. The number of amides is 1. The number of diazo groups is 1. The van der Waals surface area contributed by atoms with Crippen LogP contribution in [-0.2, 0) is 4.79 Å². The Morgan fingerprint density at radius 1 is 1.36 bits per heavy atom. The lowest BCUT2D eigenvalue weighted by Gasteiger charge is -1.94. The first-order chi connectivity index (χ1) is 6.66. The third-order valence-corrected chi connectivity index (χ3v) is 2.24. The highest BCUT2D eigenvalue weighted by Gasteiger charge is 2.45. The van der Waals surface area contributed by atoms with Gasteiger partial charge in [0.15, 0.2) is 0 Å². The van der Waals surface area contributed by atoms with E-state index in [0.29, 0.717) is 5.01 Å². The number of fused-ring (bicyclic) bond motifs is 1. The van der Waals surface area contributed by atoms with E-state index in [-0.39, 0.29) is 16.3 Å².